The number of nitrogens with two attached hydrogens (primary N) is 1. The van der Waals surface area contributed by atoms with Gasteiger partial charge in [-0.3, -0.25) is 0 Å². The lowest BCUT2D eigenvalue weighted by molar-refractivity contribution is 0.0564. The van der Waals surface area contributed by atoms with Crippen LogP contribution in [0.3, 0.4) is 0 Å². The second-order valence-electron chi connectivity index (χ2n) is 3.97. The summed E-state index contributed by atoms with van der Waals surface area (Å²) >= 11 is 1.53. The number of carbonyl (C=O) groups is 1. The Morgan fingerprint density at radius 2 is 2.15 bits per heavy atom. The van der Waals surface area contributed by atoms with E-state index in [1.165, 1.54) is 25.1 Å². The summed E-state index contributed by atoms with van der Waals surface area (Å²) in [5.41, 5.74) is 7.13. The van der Waals surface area contributed by atoms with Crippen LogP contribution >= 0.6 is 11.8 Å². The first-order valence-corrected chi connectivity index (χ1v) is 6.85. The Labute approximate surface area is 121 Å². The smallest absolute Gasteiger partial charge is 0.374 e. The Hall–Kier alpha value is -2.08. The fourth-order valence-electron chi connectivity index (χ4n) is 1.68. The van der Waals surface area contributed by atoms with Crippen LogP contribution in [-0.4, -0.2) is 20.2 Å². The molecule has 0 saturated carbocycles. The molecule has 0 radical (unpaired) electrons. The Balaban J connectivity index is 2.13. The van der Waals surface area contributed by atoms with Gasteiger partial charge in [-0.25, -0.2) is 4.79 Å². The van der Waals surface area contributed by atoms with Gasteiger partial charge in [0.15, 0.2) is 0 Å². The van der Waals surface area contributed by atoms with Crippen molar-refractivity contribution in [3.05, 3.63) is 41.9 Å². The van der Waals surface area contributed by atoms with Crippen molar-refractivity contribution in [1.82, 2.24) is 0 Å². The van der Waals surface area contributed by atoms with Gasteiger partial charge in [-0.15, -0.1) is 11.8 Å². The number of anilines is 1. The van der Waals surface area contributed by atoms with Crippen LogP contribution in [0, 0.1) is 0 Å². The minimum absolute atomic E-state index is 0.231. The van der Waals surface area contributed by atoms with Gasteiger partial charge in [0.05, 0.1) is 20.5 Å². The molecular weight excluding hydrogens is 278 g/mol. The third-order valence-corrected chi connectivity index (χ3v) is 3.79. The predicted molar refractivity (Wildman–Crippen MR) is 77.0 cm³/mol. The molecule has 0 bridgehead atoms. The van der Waals surface area contributed by atoms with E-state index < -0.39 is 5.97 Å². The van der Waals surface area contributed by atoms with Crippen molar-refractivity contribution in [2.45, 2.75) is 10.6 Å². The summed E-state index contributed by atoms with van der Waals surface area (Å²) in [5, 5.41) is 0. The highest BCUT2D eigenvalue weighted by Crippen LogP contribution is 2.33. The van der Waals surface area contributed by atoms with Crippen molar-refractivity contribution in [2.24, 2.45) is 0 Å². The second kappa shape index (κ2) is 6.38. The number of methoxy groups -OCH3 is 2. The van der Waals surface area contributed by atoms with Crippen LogP contribution in [0.2, 0.25) is 0 Å². The topological polar surface area (TPSA) is 74.7 Å². The molecule has 0 unspecified atom stereocenters. The van der Waals surface area contributed by atoms with Gasteiger partial charge >= 0.3 is 5.97 Å². The minimum Gasteiger partial charge on any atom is -0.496 e. The monoisotopic (exact) mass is 293 g/mol. The molecule has 0 aliphatic heterocycles. The largest absolute Gasteiger partial charge is 0.496 e. The summed E-state index contributed by atoms with van der Waals surface area (Å²) in [6, 6.07) is 7.21. The first-order chi connectivity index (χ1) is 9.65. The molecule has 1 heterocycles. The van der Waals surface area contributed by atoms with Crippen LogP contribution in [0.1, 0.15) is 16.1 Å². The fourth-order valence-corrected chi connectivity index (χ4v) is 2.67. The number of ether oxygens (including phenoxy) is 2. The number of nitrogen functional groups attached to an aromatic ring is 1. The van der Waals surface area contributed by atoms with E-state index >= 15 is 0 Å². The average Bonchev–Trinajstić information content (AvgIpc) is 2.93. The first kappa shape index (κ1) is 14.3. The third kappa shape index (κ3) is 3.08. The summed E-state index contributed by atoms with van der Waals surface area (Å²) < 4.78 is 15.1. The van der Waals surface area contributed by atoms with E-state index in [4.69, 9.17) is 14.9 Å². The van der Waals surface area contributed by atoms with Gasteiger partial charge in [-0.05, 0) is 18.2 Å². The molecule has 0 aliphatic carbocycles. The lowest BCUT2D eigenvalue weighted by Gasteiger charge is -2.08. The molecular formula is C14H15NO4S. The number of rotatable bonds is 5. The van der Waals surface area contributed by atoms with Crippen molar-refractivity contribution in [3.8, 4) is 5.75 Å². The van der Waals surface area contributed by atoms with E-state index in [2.05, 4.69) is 4.74 Å². The van der Waals surface area contributed by atoms with E-state index in [0.29, 0.717) is 17.2 Å². The van der Waals surface area contributed by atoms with Gasteiger partial charge < -0.3 is 19.6 Å². The highest BCUT2D eigenvalue weighted by Gasteiger charge is 2.16. The van der Waals surface area contributed by atoms with Gasteiger partial charge in [0.25, 0.3) is 0 Å². The first-order valence-electron chi connectivity index (χ1n) is 5.86. The molecule has 1 aromatic heterocycles. The summed E-state index contributed by atoms with van der Waals surface area (Å²) in [7, 11) is 2.92. The van der Waals surface area contributed by atoms with Crippen molar-refractivity contribution >= 4 is 23.4 Å². The number of hydrogen-bond donors (Lipinski definition) is 1. The quantitative estimate of drug-likeness (QED) is 0.519. The fraction of sp³-hybridized carbons (Fsp3) is 0.214. The van der Waals surface area contributed by atoms with Gasteiger partial charge in [-0.2, -0.15) is 0 Å². The van der Waals surface area contributed by atoms with Gasteiger partial charge in [0, 0.05) is 28.0 Å². The molecule has 106 valence electrons. The Morgan fingerprint density at radius 1 is 1.35 bits per heavy atom. The normalized spacial score (nSPS) is 10.3. The SMILES string of the molecule is COC(=O)c1occc1CSc1ccc(N)cc1OC. The molecule has 6 heteroatoms. The molecule has 0 aliphatic rings. The van der Waals surface area contributed by atoms with E-state index in [1.54, 1.807) is 25.3 Å². The van der Waals surface area contributed by atoms with E-state index in [1.807, 2.05) is 6.07 Å². The molecule has 2 N–H and O–H groups in total. The standard InChI is InChI=1S/C14H15NO4S/c1-17-11-7-10(15)3-4-12(11)20-8-9-5-6-19-13(9)14(16)18-2/h3-7H,8,15H2,1-2H3. The number of benzene rings is 1. The van der Waals surface area contributed by atoms with Crippen LogP contribution in [0.25, 0.3) is 0 Å². The highest BCUT2D eigenvalue weighted by molar-refractivity contribution is 7.98. The molecule has 0 amide bonds. The number of carbonyl (C=O) groups excluding carboxylic acids is 1. The van der Waals surface area contributed by atoms with Crippen LogP contribution in [0.15, 0.2) is 39.8 Å². The molecule has 2 rings (SSSR count). The third-order valence-electron chi connectivity index (χ3n) is 2.69. The van der Waals surface area contributed by atoms with Crippen LogP contribution < -0.4 is 10.5 Å². The summed E-state index contributed by atoms with van der Waals surface area (Å²) in [4.78, 5) is 12.5. The van der Waals surface area contributed by atoms with Crippen LogP contribution in [-0.2, 0) is 10.5 Å². The number of thioether (sulfide) groups is 1. The van der Waals surface area contributed by atoms with Gasteiger partial charge in [0.2, 0.25) is 5.76 Å². The maximum Gasteiger partial charge on any atom is 0.374 e. The van der Waals surface area contributed by atoms with Crippen molar-refractivity contribution in [3.63, 3.8) is 0 Å². The van der Waals surface area contributed by atoms with Crippen LogP contribution in [0.5, 0.6) is 5.75 Å². The molecule has 5 nitrogen and oxygen atoms in total. The van der Waals surface area contributed by atoms with Crippen molar-refractivity contribution in [2.75, 3.05) is 20.0 Å². The summed E-state index contributed by atoms with van der Waals surface area (Å²) in [6.07, 6.45) is 1.47. The van der Waals surface area contributed by atoms with E-state index in [9.17, 15) is 4.79 Å². The predicted octanol–water partition coefficient (Wildman–Crippen LogP) is 2.95. The maximum atomic E-state index is 11.5. The maximum absolute atomic E-state index is 11.5. The highest BCUT2D eigenvalue weighted by atomic mass is 32.2. The molecule has 2 aromatic rings. The molecule has 0 atom stereocenters. The zero-order valence-corrected chi connectivity index (χ0v) is 12.0. The second-order valence-corrected chi connectivity index (χ2v) is 4.98. The number of hydrogen-bond acceptors (Lipinski definition) is 6. The lowest BCUT2D eigenvalue weighted by Crippen LogP contribution is -2.02. The molecule has 0 spiro atoms. The zero-order chi connectivity index (χ0) is 14.5. The van der Waals surface area contributed by atoms with Crippen molar-refractivity contribution in [1.29, 1.82) is 0 Å². The Morgan fingerprint density at radius 3 is 2.85 bits per heavy atom. The van der Waals surface area contributed by atoms with Crippen LogP contribution in [0.4, 0.5) is 5.69 Å². The number of esters is 1. The molecule has 1 aromatic carbocycles. The van der Waals surface area contributed by atoms with E-state index in [0.717, 1.165) is 10.5 Å². The summed E-state index contributed by atoms with van der Waals surface area (Å²) in [5.74, 6) is 1.03. The minimum atomic E-state index is -0.477. The summed E-state index contributed by atoms with van der Waals surface area (Å²) in [6.45, 7) is 0. The van der Waals surface area contributed by atoms with E-state index in [-0.39, 0.29) is 5.76 Å². The number of furan rings is 1. The van der Waals surface area contributed by atoms with Gasteiger partial charge in [0.1, 0.15) is 5.75 Å². The average molecular weight is 293 g/mol. The van der Waals surface area contributed by atoms with Gasteiger partial charge in [-0.1, -0.05) is 0 Å². The van der Waals surface area contributed by atoms with Crippen molar-refractivity contribution < 1.29 is 18.7 Å². The Kier molecular flexibility index (Phi) is 4.57. The molecule has 0 fully saturated rings. The molecule has 0 saturated heterocycles. The lowest BCUT2D eigenvalue weighted by atomic mass is 10.3. The molecule has 20 heavy (non-hydrogen) atoms. The Bertz CT molecular complexity index is 609. The zero-order valence-electron chi connectivity index (χ0n) is 11.2.